The summed E-state index contributed by atoms with van der Waals surface area (Å²) in [6, 6.07) is -3.89. The maximum Gasteiger partial charge on any atom is 0.326 e. The van der Waals surface area contributed by atoms with Gasteiger partial charge in [-0.1, -0.05) is 53.7 Å². The summed E-state index contributed by atoms with van der Waals surface area (Å²) in [5.74, 6) is -9.27. The number of benzene rings is 1. The number of aliphatic carboxylic acids is 2. The standard InChI is InChI=1S/C47H68N14O11/c1-21(2)14-31-42(66)59-37(23(5)6)43(67)58-32(41(65)56-29(45(69)70)8-7-13-51-47(49)50)17-27-26-10-9-24(36(22(3)4)38(44(68)57-31)60-40(64)28-11-12-34(62)53-28)15-30(26)55-39(27)61-19-25(52-20-61)16-33(46(71)72)54-35(63)18-48/h9-10,15,19-23,28-29,31-33,36-38,55H,7-8,11-14,16-18,48H2,1-6H3,(H,53,62)(H,54,63)(H,56,65)(H,57,68)(H,58,67)(H,59,66)(H,60,64)(H,69,70)(H,71,72)(H4,49,50,51)/t28-,29-,31-,32-,33-,36+,37-,38-/m0/s1. The van der Waals surface area contributed by atoms with Gasteiger partial charge in [0, 0.05) is 54.4 Å². The first-order valence-electron chi connectivity index (χ1n) is 24.0. The Morgan fingerprint density at radius 2 is 1.57 bits per heavy atom. The van der Waals surface area contributed by atoms with Gasteiger partial charge in [-0.25, -0.2) is 14.6 Å². The number of aromatic nitrogens is 3. The summed E-state index contributed by atoms with van der Waals surface area (Å²) in [5.41, 5.74) is 17.9. The number of carbonyl (C=O) groups excluding carboxylic acids is 7. The highest BCUT2D eigenvalue weighted by Gasteiger charge is 2.40. The molecule has 392 valence electrons. The number of hydrogen-bond acceptors (Lipinski definition) is 12. The fraction of sp³-hybridized carbons (Fsp3) is 0.553. The van der Waals surface area contributed by atoms with Gasteiger partial charge in [0.05, 0.1) is 12.2 Å². The van der Waals surface area contributed by atoms with Crippen LogP contribution in [0.3, 0.4) is 0 Å². The van der Waals surface area contributed by atoms with Crippen molar-refractivity contribution in [1.29, 1.82) is 0 Å². The Morgan fingerprint density at radius 3 is 2.17 bits per heavy atom. The number of imidazole rings is 1. The molecule has 72 heavy (non-hydrogen) atoms. The molecule has 2 aromatic heterocycles. The zero-order valence-electron chi connectivity index (χ0n) is 41.2. The van der Waals surface area contributed by atoms with Crippen molar-refractivity contribution in [2.24, 2.45) is 39.9 Å². The van der Waals surface area contributed by atoms with Gasteiger partial charge in [-0.3, -0.25) is 43.1 Å². The fourth-order valence-corrected chi connectivity index (χ4v) is 8.95. The molecule has 25 heteroatoms. The summed E-state index contributed by atoms with van der Waals surface area (Å²) < 4.78 is 1.52. The zero-order valence-corrected chi connectivity index (χ0v) is 41.2. The molecule has 16 N–H and O–H groups in total. The van der Waals surface area contributed by atoms with Gasteiger partial charge in [0.1, 0.15) is 54.4 Å². The summed E-state index contributed by atoms with van der Waals surface area (Å²) in [4.78, 5) is 133. The molecule has 3 aromatic rings. The second-order valence-electron chi connectivity index (χ2n) is 19.3. The van der Waals surface area contributed by atoms with Crippen LogP contribution in [0.4, 0.5) is 0 Å². The molecule has 25 nitrogen and oxygen atoms in total. The minimum Gasteiger partial charge on any atom is -0.480 e. The molecule has 0 aliphatic carbocycles. The largest absolute Gasteiger partial charge is 0.480 e. The van der Waals surface area contributed by atoms with E-state index in [1.807, 2.05) is 27.7 Å². The van der Waals surface area contributed by atoms with E-state index < -0.39 is 108 Å². The van der Waals surface area contributed by atoms with E-state index >= 15 is 0 Å². The lowest BCUT2D eigenvalue weighted by Crippen LogP contribution is -2.61. The van der Waals surface area contributed by atoms with Crippen molar-refractivity contribution in [3.8, 4) is 5.82 Å². The Morgan fingerprint density at radius 1 is 0.861 bits per heavy atom. The van der Waals surface area contributed by atoms with Crippen LogP contribution in [0.5, 0.6) is 0 Å². The summed E-state index contributed by atoms with van der Waals surface area (Å²) >= 11 is 0. The van der Waals surface area contributed by atoms with E-state index in [4.69, 9.17) is 17.2 Å². The van der Waals surface area contributed by atoms with Gasteiger partial charge < -0.3 is 69.6 Å². The van der Waals surface area contributed by atoms with Crippen LogP contribution in [0.15, 0.2) is 35.7 Å². The third kappa shape index (κ3) is 14.3. The maximum atomic E-state index is 14.8. The Kier molecular flexibility index (Phi) is 18.8. The smallest absolute Gasteiger partial charge is 0.326 e. The lowest BCUT2D eigenvalue weighted by Gasteiger charge is -2.33. The summed E-state index contributed by atoms with van der Waals surface area (Å²) in [6.45, 7) is 10.4. The number of nitrogens with zero attached hydrogens (tertiary/aromatic N) is 3. The number of fused-ring (bicyclic) bond motifs is 12. The first-order chi connectivity index (χ1) is 34.0. The third-order valence-electron chi connectivity index (χ3n) is 12.6. The van der Waals surface area contributed by atoms with Crippen molar-refractivity contribution in [1.82, 2.24) is 51.8 Å². The Balaban J connectivity index is 1.73. The predicted molar refractivity (Wildman–Crippen MR) is 262 cm³/mol. The minimum absolute atomic E-state index is 0.0693. The highest BCUT2D eigenvalue weighted by molar-refractivity contribution is 5.99. The Hall–Kier alpha value is -7.57. The number of guanidine groups is 1. The number of nitrogens with one attached hydrogen (secondary N) is 8. The second-order valence-corrected chi connectivity index (χ2v) is 19.3. The monoisotopic (exact) mass is 1000 g/mol. The van der Waals surface area contributed by atoms with Crippen molar-refractivity contribution in [2.75, 3.05) is 13.1 Å². The minimum atomic E-state index is -1.51. The topological polar surface area (TPSA) is 402 Å². The SMILES string of the molecule is CC(C)C[C@@H]1NC(=O)[C@@H](NC(=O)[C@@H]2CCC(=O)N2)[C@H](C(C)C)c2ccc3c(c(-n4cnc(C[C@H](NC(=O)CN)C(=O)O)c4)[nH]c3c2)C[C@@H](C(=O)N[C@@H](CCCN=C(N)N)C(=O)O)NC(=O)[C@H](C(C)C)NC1=O. The number of H-pyrrole nitrogens is 1. The quantitative estimate of drug-likeness (QED) is 0.0275. The van der Waals surface area contributed by atoms with E-state index in [9.17, 15) is 53.4 Å². The van der Waals surface area contributed by atoms with Crippen LogP contribution in [0.1, 0.15) is 96.4 Å². The Labute approximate surface area is 415 Å². The predicted octanol–water partition coefficient (Wildman–Crippen LogP) is -1.74. The van der Waals surface area contributed by atoms with Gasteiger partial charge in [-0.2, -0.15) is 0 Å². The first-order valence-corrected chi connectivity index (χ1v) is 24.0. The number of nitrogens with two attached hydrogens (primary N) is 3. The highest BCUT2D eigenvalue weighted by Crippen LogP contribution is 2.35. The van der Waals surface area contributed by atoms with Gasteiger partial charge in [0.2, 0.25) is 41.4 Å². The molecule has 5 heterocycles. The number of hydrogen-bond donors (Lipinski definition) is 13. The van der Waals surface area contributed by atoms with Crippen molar-refractivity contribution < 1.29 is 53.4 Å². The van der Waals surface area contributed by atoms with Gasteiger partial charge in [-0.05, 0) is 55.1 Å². The molecular formula is C47H68N14O11. The molecule has 0 spiro atoms. The molecule has 8 atom stereocenters. The molecule has 1 fully saturated rings. The van der Waals surface area contributed by atoms with E-state index in [0.717, 1.165) is 0 Å². The van der Waals surface area contributed by atoms with Gasteiger partial charge in [-0.15, -0.1) is 0 Å². The van der Waals surface area contributed by atoms with E-state index in [1.165, 1.54) is 17.1 Å². The van der Waals surface area contributed by atoms with Crippen molar-refractivity contribution in [3.63, 3.8) is 0 Å². The molecule has 3 aliphatic heterocycles. The van der Waals surface area contributed by atoms with Crippen LogP contribution in [0, 0.1) is 17.8 Å². The number of carboxylic acid groups (broad SMARTS) is 2. The molecule has 3 aliphatic rings. The molecule has 7 amide bonds. The number of carbonyl (C=O) groups is 9. The molecule has 4 bridgehead atoms. The fourth-order valence-electron chi connectivity index (χ4n) is 8.95. The molecule has 1 aromatic carbocycles. The van der Waals surface area contributed by atoms with Crippen LogP contribution < -0.4 is 54.4 Å². The van der Waals surface area contributed by atoms with E-state index in [-0.39, 0.29) is 86.7 Å². The van der Waals surface area contributed by atoms with Crippen LogP contribution in [-0.4, -0.2) is 139 Å². The molecule has 0 saturated carbocycles. The van der Waals surface area contributed by atoms with Gasteiger partial charge in [0.15, 0.2) is 5.96 Å². The second kappa shape index (κ2) is 24.5. The normalized spacial score (nSPS) is 21.6. The van der Waals surface area contributed by atoms with E-state index in [2.05, 4.69) is 52.2 Å². The number of rotatable bonds is 19. The third-order valence-corrected chi connectivity index (χ3v) is 12.6. The van der Waals surface area contributed by atoms with Crippen molar-refractivity contribution >= 4 is 70.2 Å². The van der Waals surface area contributed by atoms with Gasteiger partial charge in [0.25, 0.3) is 0 Å². The first kappa shape index (κ1) is 55.4. The number of aromatic amines is 1. The van der Waals surface area contributed by atoms with Crippen LogP contribution in [0.25, 0.3) is 16.7 Å². The number of amides is 7. The molecule has 0 radical (unpaired) electrons. The zero-order chi connectivity index (χ0) is 53.1. The summed E-state index contributed by atoms with van der Waals surface area (Å²) in [5, 5.41) is 39.5. The van der Waals surface area contributed by atoms with Crippen LogP contribution >= 0.6 is 0 Å². The molecular weight excluding hydrogens is 937 g/mol. The average molecular weight is 1010 g/mol. The highest BCUT2D eigenvalue weighted by atomic mass is 16.4. The lowest BCUT2D eigenvalue weighted by atomic mass is 9.81. The van der Waals surface area contributed by atoms with E-state index in [1.54, 1.807) is 32.0 Å². The maximum absolute atomic E-state index is 14.8. The van der Waals surface area contributed by atoms with Crippen LogP contribution in [0.2, 0.25) is 0 Å². The van der Waals surface area contributed by atoms with Crippen molar-refractivity contribution in [2.45, 2.75) is 135 Å². The van der Waals surface area contributed by atoms with Crippen molar-refractivity contribution in [3.05, 3.63) is 47.5 Å². The van der Waals surface area contributed by atoms with E-state index in [0.29, 0.717) is 22.0 Å². The Bertz CT molecular complexity index is 2550. The summed E-state index contributed by atoms with van der Waals surface area (Å²) in [6.07, 6.45) is 2.82. The number of aliphatic imine (C=N–C) groups is 1. The summed E-state index contributed by atoms with van der Waals surface area (Å²) in [7, 11) is 0. The number of carboxylic acids is 2. The van der Waals surface area contributed by atoms with Crippen LogP contribution in [-0.2, 0) is 56.0 Å². The average Bonchev–Trinajstić information content (AvgIpc) is 4.05. The molecule has 0 unspecified atom stereocenters. The van der Waals surface area contributed by atoms with Gasteiger partial charge >= 0.3 is 11.9 Å². The molecule has 6 rings (SSSR count). The molecule has 1 saturated heterocycles. The lowest BCUT2D eigenvalue weighted by molar-refractivity contribution is -0.142.